The predicted molar refractivity (Wildman–Crippen MR) is 30.0 cm³/mol. The molecule has 0 bridgehead atoms. The fraction of sp³-hybridized carbons (Fsp3) is 0.250. The van der Waals surface area contributed by atoms with Crippen LogP contribution in [0.25, 0.3) is 0 Å². The largest absolute Gasteiger partial charge is 0.325 e. The summed E-state index contributed by atoms with van der Waals surface area (Å²) >= 11 is 1.30. The average Bonchev–Trinajstić information content (AvgIpc) is 2.14. The Morgan fingerprint density at radius 2 is 3.00 bits per heavy atom. The van der Waals surface area contributed by atoms with Crippen molar-refractivity contribution in [1.82, 2.24) is 4.98 Å². The number of nitrogens with two attached hydrogens (primary N) is 1. The lowest BCUT2D eigenvalue weighted by molar-refractivity contribution is 1.01. The quantitative estimate of drug-likeness (QED) is 0.582. The van der Waals surface area contributed by atoms with Gasteiger partial charge in [-0.15, -0.1) is 11.3 Å². The molecule has 0 fully saturated rings. The van der Waals surface area contributed by atoms with Crippen molar-refractivity contribution in [2.24, 2.45) is 5.73 Å². The fourth-order valence-electron chi connectivity index (χ4n) is 0.299. The topological polar surface area (TPSA) is 38.9 Å². The molecule has 2 N–H and O–H groups in total. The minimum absolute atomic E-state index is 0.338. The van der Waals surface area contributed by atoms with Gasteiger partial charge in [0.25, 0.3) is 0 Å². The molecule has 0 aromatic carbocycles. The molecule has 0 spiro atoms. The summed E-state index contributed by atoms with van der Waals surface area (Å²) < 4.78 is 6.97. The van der Waals surface area contributed by atoms with Gasteiger partial charge in [0.1, 0.15) is 0 Å². The molecule has 1 aromatic heterocycles. The third-order valence-electron chi connectivity index (χ3n) is 0.646. The minimum atomic E-state index is 0.338. The second-order valence-electron chi connectivity index (χ2n) is 1.13. The summed E-state index contributed by atoms with van der Waals surface area (Å²) in [5.41, 5.74) is 6.37. The molecule has 0 saturated heterocycles. The third kappa shape index (κ3) is 0.976. The van der Waals surface area contributed by atoms with Crippen LogP contribution in [0.3, 0.4) is 0 Å². The molecular formula is C4H6N2S. The molecule has 38 valence electrons. The molecule has 0 saturated carbocycles. The van der Waals surface area contributed by atoms with E-state index in [1.807, 2.05) is 0 Å². The van der Waals surface area contributed by atoms with Crippen molar-refractivity contribution in [2.45, 2.75) is 6.54 Å². The first-order valence-electron chi connectivity index (χ1n) is 2.44. The van der Waals surface area contributed by atoms with E-state index in [1.54, 1.807) is 5.38 Å². The zero-order valence-electron chi connectivity index (χ0n) is 4.72. The van der Waals surface area contributed by atoms with Crippen LogP contribution in [-0.4, -0.2) is 4.98 Å². The van der Waals surface area contributed by atoms with E-state index in [2.05, 4.69) is 4.98 Å². The van der Waals surface area contributed by atoms with Crippen molar-refractivity contribution in [3.05, 3.63) is 16.6 Å². The van der Waals surface area contributed by atoms with Crippen molar-refractivity contribution in [3.63, 3.8) is 0 Å². The average molecular weight is 115 g/mol. The van der Waals surface area contributed by atoms with Gasteiger partial charge in [-0.2, -0.15) is 0 Å². The molecule has 1 aromatic rings. The Hall–Kier alpha value is -0.410. The van der Waals surface area contributed by atoms with Crippen molar-refractivity contribution in [2.75, 3.05) is 0 Å². The monoisotopic (exact) mass is 115 g/mol. The van der Waals surface area contributed by atoms with Crippen LogP contribution in [0.15, 0.2) is 10.9 Å². The lowest BCUT2D eigenvalue weighted by Gasteiger charge is -1.78. The first kappa shape index (κ1) is 3.57. The van der Waals surface area contributed by atoms with Crippen LogP contribution in [0, 0.1) is 0 Å². The van der Waals surface area contributed by atoms with E-state index < -0.39 is 0 Å². The van der Waals surface area contributed by atoms with Gasteiger partial charge in [-0.3, -0.25) is 0 Å². The van der Waals surface area contributed by atoms with Gasteiger partial charge >= 0.3 is 0 Å². The lowest BCUT2D eigenvalue weighted by Crippen LogP contribution is -1.94. The van der Waals surface area contributed by atoms with E-state index in [-0.39, 0.29) is 0 Å². The normalized spacial score (nSPS) is 11.3. The van der Waals surface area contributed by atoms with E-state index in [0.29, 0.717) is 12.0 Å². The Kier molecular flexibility index (Phi) is 1.04. The highest BCUT2D eigenvalue weighted by Gasteiger charge is 1.84. The van der Waals surface area contributed by atoms with Crippen molar-refractivity contribution in [3.8, 4) is 0 Å². The third-order valence-corrected chi connectivity index (χ3v) is 1.23. The number of rotatable bonds is 1. The molecule has 3 heteroatoms. The summed E-state index contributed by atoms with van der Waals surface area (Å²) in [7, 11) is 0. The highest BCUT2D eigenvalue weighted by Crippen LogP contribution is 1.97. The second kappa shape index (κ2) is 2.04. The molecule has 0 aliphatic rings. The van der Waals surface area contributed by atoms with Crippen LogP contribution >= 0.6 is 11.3 Å². The summed E-state index contributed by atoms with van der Waals surface area (Å²) in [4.78, 5) is 3.79. The van der Waals surface area contributed by atoms with Crippen LogP contribution in [0.4, 0.5) is 0 Å². The zero-order valence-corrected chi connectivity index (χ0v) is 4.53. The molecule has 0 aliphatic carbocycles. The molecular weight excluding hydrogens is 108 g/mol. The molecule has 1 rings (SSSR count). The highest BCUT2D eigenvalue weighted by atomic mass is 32.1. The van der Waals surface area contributed by atoms with E-state index in [4.69, 9.17) is 7.10 Å². The Morgan fingerprint density at radius 1 is 2.14 bits per heavy atom. The maximum Gasteiger partial charge on any atom is 0.0960 e. The predicted octanol–water partition coefficient (Wildman–Crippen LogP) is 0.602. The highest BCUT2D eigenvalue weighted by molar-refractivity contribution is 7.07. The molecule has 7 heavy (non-hydrogen) atoms. The molecule has 2 nitrogen and oxygen atoms in total. The molecule has 0 radical (unpaired) electrons. The summed E-state index contributed by atoms with van der Waals surface area (Å²) in [6.45, 7) is 0.440. The van der Waals surface area contributed by atoms with Crippen molar-refractivity contribution >= 4 is 11.3 Å². The lowest BCUT2D eigenvalue weighted by atomic mass is 10.5. The van der Waals surface area contributed by atoms with Crippen LogP contribution < -0.4 is 5.73 Å². The van der Waals surface area contributed by atoms with Gasteiger partial charge < -0.3 is 5.73 Å². The van der Waals surface area contributed by atoms with Gasteiger partial charge in [-0.05, 0) is 0 Å². The number of thiazole rings is 1. The Labute approximate surface area is 47.4 Å². The SMILES string of the molecule is [2H]c1nc(CN)cs1. The van der Waals surface area contributed by atoms with Gasteiger partial charge in [0, 0.05) is 11.9 Å². The van der Waals surface area contributed by atoms with Crippen LogP contribution in [0.1, 0.15) is 7.06 Å². The van der Waals surface area contributed by atoms with Gasteiger partial charge in [0.15, 0.2) is 0 Å². The molecule has 0 atom stereocenters. The van der Waals surface area contributed by atoms with Gasteiger partial charge in [-0.25, -0.2) is 4.98 Å². The zero-order chi connectivity index (χ0) is 5.98. The van der Waals surface area contributed by atoms with Gasteiger partial charge in [0.2, 0.25) is 0 Å². The molecule has 0 aliphatic heterocycles. The first-order chi connectivity index (χ1) is 3.83. The van der Waals surface area contributed by atoms with E-state index in [9.17, 15) is 0 Å². The number of aromatic nitrogens is 1. The smallest absolute Gasteiger partial charge is 0.0960 e. The van der Waals surface area contributed by atoms with Gasteiger partial charge in [0.05, 0.1) is 12.6 Å². The summed E-state index contributed by atoms with van der Waals surface area (Å²) in [5.74, 6) is 0. The molecule has 0 amide bonds. The summed E-state index contributed by atoms with van der Waals surface area (Å²) in [6, 6.07) is 0. The Balaban J connectivity index is 2.84. The maximum atomic E-state index is 6.97. The second-order valence-corrected chi connectivity index (χ2v) is 1.79. The number of nitrogens with zero attached hydrogens (tertiary/aromatic N) is 1. The standard InChI is InChI=1S/C4H6N2S/c5-1-4-2-7-3-6-4/h2-3H,1,5H2/i3D. The number of hydrogen-bond acceptors (Lipinski definition) is 3. The van der Waals surface area contributed by atoms with Crippen molar-refractivity contribution < 1.29 is 1.37 Å². The Morgan fingerprint density at radius 3 is 3.29 bits per heavy atom. The maximum absolute atomic E-state index is 6.97. The first-order valence-corrected chi connectivity index (χ1v) is 2.82. The number of hydrogen-bond donors (Lipinski definition) is 1. The van der Waals surface area contributed by atoms with Crippen molar-refractivity contribution in [1.29, 1.82) is 0 Å². The van der Waals surface area contributed by atoms with Crippen LogP contribution in [0.2, 0.25) is 0 Å². The van der Waals surface area contributed by atoms with E-state index >= 15 is 0 Å². The van der Waals surface area contributed by atoms with Crippen LogP contribution in [-0.2, 0) is 6.54 Å². The fourth-order valence-corrected chi connectivity index (χ4v) is 0.807. The summed E-state index contributed by atoms with van der Waals surface area (Å²) in [6.07, 6.45) is 0. The molecule has 1 heterocycles. The summed E-state index contributed by atoms with van der Waals surface area (Å²) in [5, 5.41) is 1.79. The van der Waals surface area contributed by atoms with Gasteiger partial charge in [-0.1, -0.05) is 0 Å². The van der Waals surface area contributed by atoms with Crippen LogP contribution in [0.5, 0.6) is 0 Å². The minimum Gasteiger partial charge on any atom is -0.325 e. The molecule has 0 unspecified atom stereocenters. The Bertz CT molecular complexity index is 174. The van der Waals surface area contributed by atoms with E-state index in [1.165, 1.54) is 11.3 Å². The van der Waals surface area contributed by atoms with E-state index in [0.717, 1.165) is 5.69 Å².